The zero-order chi connectivity index (χ0) is 26.4. The van der Waals surface area contributed by atoms with Gasteiger partial charge in [0.25, 0.3) is 11.7 Å². The lowest BCUT2D eigenvalue weighted by Gasteiger charge is -2.26. The Kier molecular flexibility index (Phi) is 8.08. The second-order valence-corrected chi connectivity index (χ2v) is 8.63. The van der Waals surface area contributed by atoms with E-state index in [1.807, 2.05) is 6.07 Å². The summed E-state index contributed by atoms with van der Waals surface area (Å²) in [5.41, 5.74) is 1.72. The minimum absolute atomic E-state index is 0.0103. The maximum atomic E-state index is 13.3. The number of Topliss-reactive ketones (excluding diaryl/α,β-unsaturated/α-hetero) is 1. The second kappa shape index (κ2) is 11.6. The molecule has 2 heterocycles. The number of rotatable bonds is 10. The minimum atomic E-state index is -0.856. The minimum Gasteiger partial charge on any atom is -0.507 e. The fourth-order valence-electron chi connectivity index (χ4n) is 4.30. The Hall–Kier alpha value is -4.33. The second-order valence-electron chi connectivity index (χ2n) is 8.63. The van der Waals surface area contributed by atoms with Crippen molar-refractivity contribution in [3.63, 3.8) is 0 Å². The van der Waals surface area contributed by atoms with Crippen molar-refractivity contribution >= 4 is 17.4 Å². The number of aliphatic hydroxyl groups is 1. The molecule has 1 aliphatic rings. The third-order valence-corrected chi connectivity index (χ3v) is 6.22. The number of ether oxygens (including phenoxy) is 3. The third-order valence-electron chi connectivity index (χ3n) is 6.22. The molecule has 192 valence electrons. The maximum absolute atomic E-state index is 13.3. The van der Waals surface area contributed by atoms with Crippen molar-refractivity contribution in [3.8, 4) is 17.2 Å². The molecule has 8 heteroatoms. The van der Waals surface area contributed by atoms with Gasteiger partial charge in [0.05, 0.1) is 32.4 Å². The van der Waals surface area contributed by atoms with Crippen LogP contribution in [0.2, 0.25) is 0 Å². The number of amides is 1. The van der Waals surface area contributed by atoms with Gasteiger partial charge in [-0.1, -0.05) is 37.6 Å². The van der Waals surface area contributed by atoms with E-state index in [4.69, 9.17) is 14.2 Å². The number of pyridine rings is 1. The summed E-state index contributed by atoms with van der Waals surface area (Å²) >= 11 is 0. The van der Waals surface area contributed by atoms with Gasteiger partial charge in [-0.3, -0.25) is 14.6 Å². The molecule has 1 amide bonds. The Labute approximate surface area is 216 Å². The van der Waals surface area contributed by atoms with Crippen LogP contribution in [-0.4, -0.2) is 47.5 Å². The highest BCUT2D eigenvalue weighted by molar-refractivity contribution is 6.46. The molecule has 4 rings (SSSR count). The highest BCUT2D eigenvalue weighted by Crippen LogP contribution is 2.43. The van der Waals surface area contributed by atoms with Crippen LogP contribution in [0.5, 0.6) is 17.2 Å². The van der Waals surface area contributed by atoms with E-state index < -0.39 is 17.7 Å². The molecule has 0 saturated carbocycles. The Morgan fingerprint density at radius 3 is 2.57 bits per heavy atom. The Morgan fingerprint density at radius 2 is 1.86 bits per heavy atom. The molecule has 8 nitrogen and oxygen atoms in total. The van der Waals surface area contributed by atoms with Gasteiger partial charge in [-0.15, -0.1) is 0 Å². The number of likely N-dealkylation sites (tertiary alicyclic amines) is 1. The number of hydrogen-bond donors (Lipinski definition) is 1. The van der Waals surface area contributed by atoms with Gasteiger partial charge in [-0.25, -0.2) is 0 Å². The normalized spacial score (nSPS) is 16.6. The first-order chi connectivity index (χ1) is 18.0. The van der Waals surface area contributed by atoms with Crippen molar-refractivity contribution < 1.29 is 28.9 Å². The SMILES string of the molecule is CCCCOc1ccc(C2C(=C(O)c3cccc(OC)c3)C(=O)C(=O)N2Cc2cccnc2)cc1OC. The van der Waals surface area contributed by atoms with Crippen LogP contribution in [0.4, 0.5) is 0 Å². The van der Waals surface area contributed by atoms with E-state index in [9.17, 15) is 14.7 Å². The molecule has 1 atom stereocenters. The molecular weight excluding hydrogens is 472 g/mol. The highest BCUT2D eigenvalue weighted by Gasteiger charge is 2.46. The summed E-state index contributed by atoms with van der Waals surface area (Å²) in [6.07, 6.45) is 5.17. The number of unbranched alkanes of at least 4 members (excludes halogenated alkanes) is 1. The van der Waals surface area contributed by atoms with E-state index in [2.05, 4.69) is 11.9 Å². The number of ketones is 1. The van der Waals surface area contributed by atoms with Gasteiger partial charge in [0.2, 0.25) is 0 Å². The summed E-state index contributed by atoms with van der Waals surface area (Å²) in [6, 6.07) is 14.8. The number of carbonyl (C=O) groups is 2. The fourth-order valence-corrected chi connectivity index (χ4v) is 4.30. The summed E-state index contributed by atoms with van der Waals surface area (Å²) < 4.78 is 16.7. The van der Waals surface area contributed by atoms with Crippen molar-refractivity contribution in [2.45, 2.75) is 32.4 Å². The van der Waals surface area contributed by atoms with E-state index in [0.717, 1.165) is 18.4 Å². The van der Waals surface area contributed by atoms with Crippen molar-refractivity contribution in [1.29, 1.82) is 0 Å². The summed E-state index contributed by atoms with van der Waals surface area (Å²) in [7, 11) is 3.05. The van der Waals surface area contributed by atoms with Gasteiger partial charge >= 0.3 is 0 Å². The lowest BCUT2D eigenvalue weighted by Crippen LogP contribution is -2.29. The van der Waals surface area contributed by atoms with Crippen LogP contribution in [-0.2, 0) is 16.1 Å². The predicted octanol–water partition coefficient (Wildman–Crippen LogP) is 4.90. The lowest BCUT2D eigenvalue weighted by molar-refractivity contribution is -0.140. The number of benzene rings is 2. The molecule has 2 aromatic carbocycles. The van der Waals surface area contributed by atoms with Crippen LogP contribution < -0.4 is 14.2 Å². The molecule has 3 aromatic rings. The van der Waals surface area contributed by atoms with Gasteiger partial charge in [0.1, 0.15) is 11.5 Å². The standard InChI is InChI=1S/C29H30N2O6/c1-4-5-14-37-23-12-11-20(16-24(23)36-3)26-25(27(32)21-9-6-10-22(15-21)35-2)28(33)29(34)31(26)18-19-8-7-13-30-17-19/h6-13,15-17,26,32H,4-5,14,18H2,1-3H3. The van der Waals surface area contributed by atoms with E-state index in [-0.39, 0.29) is 17.9 Å². The van der Waals surface area contributed by atoms with Crippen LogP contribution in [0, 0.1) is 0 Å². The quantitative estimate of drug-likeness (QED) is 0.182. The van der Waals surface area contributed by atoms with E-state index >= 15 is 0 Å². The molecule has 1 N–H and O–H groups in total. The Morgan fingerprint density at radius 1 is 1.03 bits per heavy atom. The average molecular weight is 503 g/mol. The predicted molar refractivity (Wildman–Crippen MR) is 138 cm³/mol. The van der Waals surface area contributed by atoms with Crippen LogP contribution in [0.1, 0.15) is 42.5 Å². The zero-order valence-corrected chi connectivity index (χ0v) is 21.1. The summed E-state index contributed by atoms with van der Waals surface area (Å²) in [5, 5.41) is 11.3. The topological polar surface area (TPSA) is 98.2 Å². The molecule has 0 radical (unpaired) electrons. The molecule has 1 aromatic heterocycles. The van der Waals surface area contributed by atoms with Crippen LogP contribution in [0.25, 0.3) is 5.76 Å². The number of hydrogen-bond acceptors (Lipinski definition) is 7. The van der Waals surface area contributed by atoms with E-state index in [1.165, 1.54) is 19.1 Å². The van der Waals surface area contributed by atoms with Gasteiger partial charge in [0, 0.05) is 24.5 Å². The molecule has 0 aliphatic carbocycles. The maximum Gasteiger partial charge on any atom is 0.295 e. The monoisotopic (exact) mass is 502 g/mol. The first-order valence-corrected chi connectivity index (χ1v) is 12.1. The molecule has 1 aliphatic heterocycles. The van der Waals surface area contributed by atoms with Gasteiger partial charge in [0.15, 0.2) is 11.5 Å². The summed E-state index contributed by atoms with van der Waals surface area (Å²) in [6.45, 7) is 2.76. The Balaban J connectivity index is 1.84. The first-order valence-electron chi connectivity index (χ1n) is 12.1. The number of carbonyl (C=O) groups excluding carboxylic acids is 2. The molecule has 37 heavy (non-hydrogen) atoms. The Bertz CT molecular complexity index is 1300. The zero-order valence-electron chi connectivity index (χ0n) is 21.1. The lowest BCUT2D eigenvalue weighted by atomic mass is 9.94. The van der Waals surface area contributed by atoms with Crippen molar-refractivity contribution in [3.05, 3.63) is 89.3 Å². The molecular formula is C29H30N2O6. The van der Waals surface area contributed by atoms with Gasteiger partial charge in [-0.2, -0.15) is 0 Å². The molecule has 0 bridgehead atoms. The van der Waals surface area contributed by atoms with E-state index in [0.29, 0.717) is 35.0 Å². The summed E-state index contributed by atoms with van der Waals surface area (Å²) in [4.78, 5) is 32.2. The average Bonchev–Trinajstić information content (AvgIpc) is 3.18. The molecule has 0 spiro atoms. The molecule has 1 saturated heterocycles. The largest absolute Gasteiger partial charge is 0.507 e. The van der Waals surface area contributed by atoms with Crippen molar-refractivity contribution in [1.82, 2.24) is 9.88 Å². The van der Waals surface area contributed by atoms with Gasteiger partial charge in [-0.05, 0) is 47.9 Å². The highest BCUT2D eigenvalue weighted by atomic mass is 16.5. The number of nitrogens with zero attached hydrogens (tertiary/aromatic N) is 2. The first kappa shape index (κ1) is 25.8. The third kappa shape index (κ3) is 5.43. The number of aromatic nitrogens is 1. The molecule has 1 unspecified atom stereocenters. The number of aliphatic hydroxyl groups excluding tert-OH is 1. The fraction of sp³-hybridized carbons (Fsp3) is 0.276. The van der Waals surface area contributed by atoms with Crippen molar-refractivity contribution in [2.75, 3.05) is 20.8 Å². The summed E-state index contributed by atoms with van der Waals surface area (Å²) in [5.74, 6) is -0.200. The smallest absolute Gasteiger partial charge is 0.295 e. The van der Waals surface area contributed by atoms with Gasteiger partial charge < -0.3 is 24.2 Å². The van der Waals surface area contributed by atoms with E-state index in [1.54, 1.807) is 60.9 Å². The number of methoxy groups -OCH3 is 2. The van der Waals surface area contributed by atoms with Crippen LogP contribution >= 0.6 is 0 Å². The van der Waals surface area contributed by atoms with Crippen LogP contribution in [0.3, 0.4) is 0 Å². The molecule has 1 fully saturated rings. The van der Waals surface area contributed by atoms with Crippen LogP contribution in [0.15, 0.2) is 72.6 Å². The van der Waals surface area contributed by atoms with Crippen molar-refractivity contribution in [2.24, 2.45) is 0 Å².